The van der Waals surface area contributed by atoms with Gasteiger partial charge in [0.05, 0.1) is 22.4 Å². The van der Waals surface area contributed by atoms with Crippen LogP contribution >= 0.6 is 23.4 Å². The zero-order valence-corrected chi connectivity index (χ0v) is 15.7. The Morgan fingerprint density at radius 2 is 1.96 bits per heavy atom. The molecule has 4 nitrogen and oxygen atoms in total. The number of nitrogens with zero attached hydrogens (tertiary/aromatic N) is 2. The summed E-state index contributed by atoms with van der Waals surface area (Å²) in [5.41, 5.74) is 2.39. The van der Waals surface area contributed by atoms with Gasteiger partial charge in [-0.25, -0.2) is 13.5 Å². The lowest BCUT2D eigenvalue weighted by Gasteiger charge is -2.16. The molecule has 0 spiro atoms. The number of hydrogen-bond acceptors (Lipinski definition) is 3. The van der Waals surface area contributed by atoms with Crippen molar-refractivity contribution in [1.29, 1.82) is 0 Å². The van der Waals surface area contributed by atoms with E-state index in [0.29, 0.717) is 33.3 Å². The van der Waals surface area contributed by atoms with Gasteiger partial charge in [0.15, 0.2) is 0 Å². The summed E-state index contributed by atoms with van der Waals surface area (Å²) in [6, 6.07) is 10.5. The Hall–Kier alpha value is -2.38. The number of amides is 1. The van der Waals surface area contributed by atoms with Crippen LogP contribution in [0.15, 0.2) is 42.5 Å². The second-order valence-electron chi connectivity index (χ2n) is 6.14. The molecule has 1 aliphatic heterocycles. The van der Waals surface area contributed by atoms with E-state index in [0.717, 1.165) is 6.07 Å². The average Bonchev–Trinajstić information content (AvgIpc) is 2.83. The minimum atomic E-state index is -0.647. The molecule has 138 valence electrons. The van der Waals surface area contributed by atoms with Crippen LogP contribution in [0.1, 0.15) is 22.1 Å². The Morgan fingerprint density at radius 3 is 2.67 bits per heavy atom. The van der Waals surface area contributed by atoms with E-state index in [1.165, 1.54) is 23.9 Å². The molecular weight excluding hydrogens is 392 g/mol. The number of carbonyl (C=O) groups is 1. The summed E-state index contributed by atoms with van der Waals surface area (Å²) >= 11 is 7.24. The summed E-state index contributed by atoms with van der Waals surface area (Å²) in [4.78, 5) is 12.3. The Balaban J connectivity index is 1.90. The second-order valence-corrected chi connectivity index (χ2v) is 7.67. The molecule has 0 bridgehead atoms. The quantitative estimate of drug-likeness (QED) is 0.660. The standard InChI is InChI=1S/C19H14ClF2N3OS/c1-10-17-18(14-7-4-12(21)8-15(14)22)27-9-16(26)23-19(17)25(24-10)13-5-2-11(20)3-6-13/h2-8,18H,9H2,1H3,(H,23,26)/t18-/m0/s1. The predicted octanol–water partition coefficient (Wildman–Crippen LogP) is 4.89. The Kier molecular flexibility index (Phi) is 4.65. The van der Waals surface area contributed by atoms with Crippen LogP contribution in [0.3, 0.4) is 0 Å². The van der Waals surface area contributed by atoms with Crippen molar-refractivity contribution in [3.8, 4) is 5.69 Å². The summed E-state index contributed by atoms with van der Waals surface area (Å²) in [5.74, 6) is -0.861. The summed E-state index contributed by atoms with van der Waals surface area (Å²) in [7, 11) is 0. The maximum atomic E-state index is 14.5. The Morgan fingerprint density at radius 1 is 1.22 bits per heavy atom. The number of aromatic nitrogens is 2. The van der Waals surface area contributed by atoms with Crippen molar-refractivity contribution in [2.45, 2.75) is 12.2 Å². The number of aryl methyl sites for hydroxylation is 1. The molecule has 0 radical (unpaired) electrons. The van der Waals surface area contributed by atoms with Gasteiger partial charge >= 0.3 is 0 Å². The molecule has 0 saturated heterocycles. The van der Waals surface area contributed by atoms with Crippen LogP contribution in [0.2, 0.25) is 5.02 Å². The third kappa shape index (κ3) is 3.33. The van der Waals surface area contributed by atoms with Gasteiger partial charge in [-0.3, -0.25) is 4.79 Å². The van der Waals surface area contributed by atoms with Crippen LogP contribution in [0, 0.1) is 18.6 Å². The maximum Gasteiger partial charge on any atom is 0.235 e. The van der Waals surface area contributed by atoms with Crippen LogP contribution in [0.4, 0.5) is 14.6 Å². The summed E-state index contributed by atoms with van der Waals surface area (Å²) in [5, 5.41) is 7.50. The topological polar surface area (TPSA) is 46.9 Å². The lowest BCUT2D eigenvalue weighted by Crippen LogP contribution is -2.15. The third-order valence-corrected chi connectivity index (χ3v) is 5.83. The van der Waals surface area contributed by atoms with Crippen LogP contribution in [-0.2, 0) is 4.79 Å². The van der Waals surface area contributed by atoms with Gasteiger partial charge in [-0.2, -0.15) is 5.10 Å². The second kappa shape index (κ2) is 6.98. The molecule has 1 atom stereocenters. The number of thioether (sulfide) groups is 1. The van der Waals surface area contributed by atoms with E-state index in [2.05, 4.69) is 10.4 Å². The molecule has 1 amide bonds. The van der Waals surface area contributed by atoms with E-state index in [4.69, 9.17) is 11.6 Å². The van der Waals surface area contributed by atoms with Crippen molar-refractivity contribution in [1.82, 2.24) is 9.78 Å². The number of anilines is 1. The molecule has 0 aliphatic carbocycles. The Labute approximate surface area is 163 Å². The number of fused-ring (bicyclic) bond motifs is 1. The van der Waals surface area contributed by atoms with E-state index in [-0.39, 0.29) is 11.7 Å². The number of carbonyl (C=O) groups excluding carboxylic acids is 1. The van der Waals surface area contributed by atoms with Crippen LogP contribution < -0.4 is 5.32 Å². The highest BCUT2D eigenvalue weighted by atomic mass is 35.5. The molecule has 27 heavy (non-hydrogen) atoms. The molecule has 2 heterocycles. The fraction of sp³-hybridized carbons (Fsp3) is 0.158. The lowest BCUT2D eigenvalue weighted by atomic mass is 10.0. The fourth-order valence-corrected chi connectivity index (χ4v) is 4.45. The zero-order valence-electron chi connectivity index (χ0n) is 14.2. The van der Waals surface area contributed by atoms with Gasteiger partial charge in [0, 0.05) is 22.2 Å². The third-order valence-electron chi connectivity index (χ3n) is 4.32. The zero-order chi connectivity index (χ0) is 19.1. The molecule has 0 fully saturated rings. The van der Waals surface area contributed by atoms with Crippen LogP contribution in [-0.4, -0.2) is 21.4 Å². The van der Waals surface area contributed by atoms with Crippen molar-refractivity contribution in [3.63, 3.8) is 0 Å². The number of rotatable bonds is 2. The minimum absolute atomic E-state index is 0.149. The summed E-state index contributed by atoms with van der Waals surface area (Å²) in [6.45, 7) is 1.80. The van der Waals surface area contributed by atoms with Gasteiger partial charge in [-0.05, 0) is 37.3 Å². The number of halogens is 3. The SMILES string of the molecule is Cc1nn(-c2ccc(Cl)cc2)c2c1[C@H](c1ccc(F)cc1F)SCC(=O)N2. The van der Waals surface area contributed by atoms with Gasteiger partial charge in [0.1, 0.15) is 17.5 Å². The molecule has 0 unspecified atom stereocenters. The molecule has 1 N–H and O–H groups in total. The van der Waals surface area contributed by atoms with Crippen molar-refractivity contribution < 1.29 is 13.6 Å². The van der Waals surface area contributed by atoms with Gasteiger partial charge in [-0.1, -0.05) is 17.7 Å². The number of nitrogens with one attached hydrogen (secondary N) is 1. The van der Waals surface area contributed by atoms with Crippen LogP contribution in [0.25, 0.3) is 5.69 Å². The van der Waals surface area contributed by atoms with Crippen LogP contribution in [0.5, 0.6) is 0 Å². The predicted molar refractivity (Wildman–Crippen MR) is 103 cm³/mol. The molecule has 0 saturated carbocycles. The molecule has 4 rings (SSSR count). The first-order valence-electron chi connectivity index (χ1n) is 8.16. The highest BCUT2D eigenvalue weighted by Crippen LogP contribution is 2.44. The van der Waals surface area contributed by atoms with E-state index >= 15 is 0 Å². The average molecular weight is 406 g/mol. The van der Waals surface area contributed by atoms with Gasteiger partial charge in [0.25, 0.3) is 0 Å². The first-order chi connectivity index (χ1) is 12.9. The summed E-state index contributed by atoms with van der Waals surface area (Å²) in [6.07, 6.45) is 0. The number of benzene rings is 2. The molecular formula is C19H14ClF2N3OS. The summed E-state index contributed by atoms with van der Waals surface area (Å²) < 4.78 is 29.4. The van der Waals surface area contributed by atoms with Crippen molar-refractivity contribution >= 4 is 35.1 Å². The first-order valence-corrected chi connectivity index (χ1v) is 9.58. The van der Waals surface area contributed by atoms with E-state index < -0.39 is 16.9 Å². The molecule has 1 aliphatic rings. The van der Waals surface area contributed by atoms with Crippen molar-refractivity contribution in [2.24, 2.45) is 0 Å². The molecule has 8 heteroatoms. The maximum absolute atomic E-state index is 14.5. The van der Waals surface area contributed by atoms with E-state index in [1.807, 2.05) is 0 Å². The highest BCUT2D eigenvalue weighted by Gasteiger charge is 2.32. The number of hydrogen-bond donors (Lipinski definition) is 1. The lowest BCUT2D eigenvalue weighted by molar-refractivity contribution is -0.113. The monoisotopic (exact) mass is 405 g/mol. The van der Waals surface area contributed by atoms with Gasteiger partial charge < -0.3 is 5.32 Å². The first kappa shape index (κ1) is 18.0. The highest BCUT2D eigenvalue weighted by molar-refractivity contribution is 8.00. The molecule has 1 aromatic heterocycles. The van der Waals surface area contributed by atoms with Crippen molar-refractivity contribution in [2.75, 3.05) is 11.1 Å². The fourth-order valence-electron chi connectivity index (χ4n) is 3.11. The largest absolute Gasteiger partial charge is 0.310 e. The smallest absolute Gasteiger partial charge is 0.235 e. The van der Waals surface area contributed by atoms with Crippen molar-refractivity contribution in [3.05, 3.63) is 75.9 Å². The van der Waals surface area contributed by atoms with Gasteiger partial charge in [-0.15, -0.1) is 11.8 Å². The normalized spacial score (nSPS) is 16.6. The van der Waals surface area contributed by atoms with E-state index in [1.54, 1.807) is 35.9 Å². The molecule has 3 aromatic rings. The minimum Gasteiger partial charge on any atom is -0.310 e. The molecule has 2 aromatic carbocycles. The Bertz CT molecular complexity index is 1040. The van der Waals surface area contributed by atoms with Gasteiger partial charge in [0.2, 0.25) is 5.91 Å². The van der Waals surface area contributed by atoms with E-state index in [9.17, 15) is 13.6 Å².